The largest absolute Gasteiger partial charge is 0.496 e. The number of sulfone groups is 1. The van der Waals surface area contributed by atoms with Crippen LogP contribution in [0.15, 0.2) is 65.6 Å². The Morgan fingerprint density at radius 2 is 1.67 bits per heavy atom. The molecular formula is C20H15Cl2FO3S. The first kappa shape index (κ1) is 19.7. The summed E-state index contributed by atoms with van der Waals surface area (Å²) in [6.07, 6.45) is 0. The maximum absolute atomic E-state index is 14.3. The molecule has 0 radical (unpaired) electrons. The second kappa shape index (κ2) is 7.89. The van der Waals surface area contributed by atoms with E-state index in [0.717, 1.165) is 23.3 Å². The van der Waals surface area contributed by atoms with E-state index in [1.54, 1.807) is 12.1 Å². The molecule has 0 atom stereocenters. The average molecular weight is 425 g/mol. The number of hydrogen-bond donors (Lipinski definition) is 0. The van der Waals surface area contributed by atoms with Gasteiger partial charge in [0, 0.05) is 10.6 Å². The normalized spacial score (nSPS) is 11.4. The molecule has 0 heterocycles. The molecule has 0 aliphatic rings. The summed E-state index contributed by atoms with van der Waals surface area (Å²) in [6, 6.07) is 17.0. The van der Waals surface area contributed by atoms with Gasteiger partial charge in [-0.2, -0.15) is 0 Å². The van der Waals surface area contributed by atoms with Gasteiger partial charge in [-0.25, -0.2) is 12.8 Å². The lowest BCUT2D eigenvalue weighted by molar-refractivity contribution is 0.411. The summed E-state index contributed by atoms with van der Waals surface area (Å²) in [5.74, 6) is -1.07. The van der Waals surface area contributed by atoms with Gasteiger partial charge in [0.15, 0.2) is 15.7 Å². The zero-order valence-corrected chi connectivity index (χ0v) is 16.6. The Kier molecular flexibility index (Phi) is 5.75. The van der Waals surface area contributed by atoms with Crippen LogP contribution in [0.25, 0.3) is 11.1 Å². The SMILES string of the molecule is COc1ccc(-c2ccccc2)cc1CS(=O)(=O)c1cc(Cl)cc(Cl)c1F. The Labute approximate surface area is 167 Å². The standard InChI is InChI=1S/C20H15Cl2FO3S/c1-26-18-8-7-14(13-5-3-2-4-6-13)9-15(18)12-27(24,25)19-11-16(21)10-17(22)20(19)23/h2-11H,12H2,1H3. The molecule has 0 amide bonds. The molecule has 0 aliphatic carbocycles. The Hall–Kier alpha value is -2.08. The Morgan fingerprint density at radius 1 is 0.963 bits per heavy atom. The van der Waals surface area contributed by atoms with E-state index in [9.17, 15) is 12.8 Å². The minimum Gasteiger partial charge on any atom is -0.496 e. The second-order valence-electron chi connectivity index (χ2n) is 5.85. The van der Waals surface area contributed by atoms with Crippen LogP contribution in [0.1, 0.15) is 5.56 Å². The predicted octanol–water partition coefficient (Wildman–Crippen LogP) is 5.78. The van der Waals surface area contributed by atoms with E-state index in [-0.39, 0.29) is 10.0 Å². The summed E-state index contributed by atoms with van der Waals surface area (Å²) in [4.78, 5) is -0.535. The molecule has 27 heavy (non-hydrogen) atoms. The third-order valence-corrected chi connectivity index (χ3v) is 6.18. The molecule has 3 aromatic rings. The van der Waals surface area contributed by atoms with E-state index >= 15 is 0 Å². The van der Waals surface area contributed by atoms with Crippen LogP contribution in [0.2, 0.25) is 10.0 Å². The van der Waals surface area contributed by atoms with Gasteiger partial charge in [-0.05, 0) is 35.4 Å². The zero-order valence-electron chi connectivity index (χ0n) is 14.2. The molecule has 3 nitrogen and oxygen atoms in total. The van der Waals surface area contributed by atoms with Crippen molar-refractivity contribution < 1.29 is 17.5 Å². The van der Waals surface area contributed by atoms with Gasteiger partial charge in [-0.3, -0.25) is 0 Å². The first-order valence-corrected chi connectivity index (χ1v) is 10.3. The molecule has 0 spiro atoms. The number of hydrogen-bond acceptors (Lipinski definition) is 3. The Balaban J connectivity index is 2.06. The summed E-state index contributed by atoms with van der Waals surface area (Å²) in [6.45, 7) is 0. The molecule has 0 bridgehead atoms. The van der Waals surface area contributed by atoms with Crippen LogP contribution in [-0.2, 0) is 15.6 Å². The van der Waals surface area contributed by atoms with Crippen molar-refractivity contribution in [2.24, 2.45) is 0 Å². The third kappa shape index (κ3) is 4.26. The van der Waals surface area contributed by atoms with Crippen molar-refractivity contribution in [3.05, 3.63) is 82.1 Å². The van der Waals surface area contributed by atoms with E-state index in [1.165, 1.54) is 7.11 Å². The van der Waals surface area contributed by atoms with Crippen LogP contribution in [0, 0.1) is 5.82 Å². The highest BCUT2D eigenvalue weighted by Gasteiger charge is 2.24. The van der Waals surface area contributed by atoms with Gasteiger partial charge in [0.2, 0.25) is 0 Å². The molecule has 0 saturated heterocycles. The van der Waals surface area contributed by atoms with Crippen molar-refractivity contribution in [1.29, 1.82) is 0 Å². The highest BCUT2D eigenvalue weighted by atomic mass is 35.5. The van der Waals surface area contributed by atoms with Crippen molar-refractivity contribution in [2.75, 3.05) is 7.11 Å². The summed E-state index contributed by atoms with van der Waals surface area (Å²) >= 11 is 11.6. The Morgan fingerprint density at radius 3 is 2.33 bits per heavy atom. The van der Waals surface area contributed by atoms with Gasteiger partial charge in [0.25, 0.3) is 0 Å². The van der Waals surface area contributed by atoms with Gasteiger partial charge in [-0.15, -0.1) is 0 Å². The zero-order chi connectivity index (χ0) is 19.6. The van der Waals surface area contributed by atoms with Crippen LogP contribution in [0.4, 0.5) is 4.39 Å². The maximum atomic E-state index is 14.3. The molecule has 0 saturated carbocycles. The van der Waals surface area contributed by atoms with Crippen LogP contribution >= 0.6 is 23.2 Å². The fourth-order valence-electron chi connectivity index (χ4n) is 2.74. The van der Waals surface area contributed by atoms with E-state index in [2.05, 4.69) is 0 Å². The molecule has 0 N–H and O–H groups in total. The van der Waals surface area contributed by atoms with Crippen molar-refractivity contribution >= 4 is 33.0 Å². The summed E-state index contributed by atoms with van der Waals surface area (Å²) in [5.41, 5.74) is 2.16. The number of rotatable bonds is 5. The van der Waals surface area contributed by atoms with E-state index in [0.29, 0.717) is 11.3 Å². The quantitative estimate of drug-likeness (QED) is 0.487. The minimum absolute atomic E-state index is 0.0463. The number of ether oxygens (including phenoxy) is 1. The molecule has 3 rings (SSSR count). The number of methoxy groups -OCH3 is 1. The predicted molar refractivity (Wildman–Crippen MR) is 106 cm³/mol. The van der Waals surface area contributed by atoms with Gasteiger partial charge in [0.05, 0.1) is 17.9 Å². The van der Waals surface area contributed by atoms with Crippen LogP contribution in [-0.4, -0.2) is 15.5 Å². The van der Waals surface area contributed by atoms with E-state index in [1.807, 2.05) is 36.4 Å². The van der Waals surface area contributed by atoms with E-state index in [4.69, 9.17) is 27.9 Å². The number of halogens is 3. The lowest BCUT2D eigenvalue weighted by atomic mass is 10.0. The molecule has 0 unspecified atom stereocenters. The van der Waals surface area contributed by atoms with Crippen molar-refractivity contribution in [2.45, 2.75) is 10.6 Å². The Bertz CT molecular complexity index is 1080. The molecule has 0 aromatic heterocycles. The van der Waals surface area contributed by atoms with Gasteiger partial charge in [-0.1, -0.05) is 59.6 Å². The summed E-state index contributed by atoms with van der Waals surface area (Å²) in [5, 5.41) is -0.295. The van der Waals surface area contributed by atoms with E-state index < -0.39 is 26.3 Å². The van der Waals surface area contributed by atoms with Crippen molar-refractivity contribution in [3.8, 4) is 16.9 Å². The molecule has 7 heteroatoms. The first-order chi connectivity index (χ1) is 12.8. The average Bonchev–Trinajstić information content (AvgIpc) is 2.65. The molecular weight excluding hydrogens is 410 g/mol. The third-order valence-electron chi connectivity index (χ3n) is 4.03. The second-order valence-corrected chi connectivity index (χ2v) is 8.65. The summed E-state index contributed by atoms with van der Waals surface area (Å²) in [7, 11) is -2.60. The van der Waals surface area contributed by atoms with Gasteiger partial charge < -0.3 is 4.74 Å². The molecule has 0 aliphatic heterocycles. The molecule has 3 aromatic carbocycles. The summed E-state index contributed by atoms with van der Waals surface area (Å²) < 4.78 is 45.3. The maximum Gasteiger partial charge on any atom is 0.185 e. The molecule has 0 fully saturated rings. The topological polar surface area (TPSA) is 43.4 Å². The van der Waals surface area contributed by atoms with Crippen LogP contribution in [0.5, 0.6) is 5.75 Å². The van der Waals surface area contributed by atoms with Gasteiger partial charge in [0.1, 0.15) is 10.6 Å². The fraction of sp³-hybridized carbons (Fsp3) is 0.100. The highest BCUT2D eigenvalue weighted by molar-refractivity contribution is 7.90. The number of benzene rings is 3. The lowest BCUT2D eigenvalue weighted by Crippen LogP contribution is -2.09. The highest BCUT2D eigenvalue weighted by Crippen LogP contribution is 2.32. The minimum atomic E-state index is -4.04. The lowest BCUT2D eigenvalue weighted by Gasteiger charge is -2.13. The monoisotopic (exact) mass is 424 g/mol. The first-order valence-electron chi connectivity index (χ1n) is 7.91. The van der Waals surface area contributed by atoms with Crippen molar-refractivity contribution in [3.63, 3.8) is 0 Å². The van der Waals surface area contributed by atoms with Crippen LogP contribution in [0.3, 0.4) is 0 Å². The van der Waals surface area contributed by atoms with Crippen LogP contribution < -0.4 is 4.74 Å². The van der Waals surface area contributed by atoms with Crippen molar-refractivity contribution in [1.82, 2.24) is 0 Å². The fourth-order valence-corrected chi connectivity index (χ4v) is 4.84. The molecule has 140 valence electrons. The smallest absolute Gasteiger partial charge is 0.185 e. The van der Waals surface area contributed by atoms with Gasteiger partial charge >= 0.3 is 0 Å².